The molecule has 1 aliphatic carbocycles. The molecule has 0 spiro atoms. The number of ether oxygens (including phenoxy) is 1. The summed E-state index contributed by atoms with van der Waals surface area (Å²) in [6.45, 7) is 3.87. The first kappa shape index (κ1) is 20.2. The zero-order valence-corrected chi connectivity index (χ0v) is 17.1. The third-order valence-electron chi connectivity index (χ3n) is 4.48. The first-order valence-electron chi connectivity index (χ1n) is 9.35. The molecule has 1 amide bonds. The SMILES string of the molecule is COC(=O)c1nc(NC(=O)Cn2nc3c(cc2=O)CCCC3)sc1CC(C)C. The lowest BCUT2D eigenvalue weighted by molar-refractivity contribution is -0.117. The van der Waals surface area contributed by atoms with Crippen LogP contribution in [0.4, 0.5) is 5.13 Å². The van der Waals surface area contributed by atoms with Gasteiger partial charge < -0.3 is 10.1 Å². The van der Waals surface area contributed by atoms with Crippen LogP contribution in [0.5, 0.6) is 0 Å². The first-order valence-corrected chi connectivity index (χ1v) is 10.2. The van der Waals surface area contributed by atoms with Gasteiger partial charge in [-0.25, -0.2) is 14.5 Å². The molecule has 1 N–H and O–H groups in total. The Hall–Kier alpha value is -2.55. The van der Waals surface area contributed by atoms with E-state index in [0.29, 0.717) is 17.5 Å². The lowest BCUT2D eigenvalue weighted by atomic mass is 9.97. The molecule has 3 rings (SSSR count). The number of carbonyl (C=O) groups is 2. The Morgan fingerprint density at radius 2 is 2.07 bits per heavy atom. The largest absolute Gasteiger partial charge is 0.464 e. The second-order valence-corrected chi connectivity index (χ2v) is 8.33. The van der Waals surface area contributed by atoms with Gasteiger partial charge in [0.1, 0.15) is 6.54 Å². The number of carbonyl (C=O) groups excluding carboxylic acids is 2. The van der Waals surface area contributed by atoms with Crippen molar-refractivity contribution >= 4 is 28.3 Å². The van der Waals surface area contributed by atoms with E-state index in [0.717, 1.165) is 41.8 Å². The fraction of sp³-hybridized carbons (Fsp3) is 0.526. The van der Waals surface area contributed by atoms with Crippen molar-refractivity contribution in [1.29, 1.82) is 0 Å². The van der Waals surface area contributed by atoms with Crippen molar-refractivity contribution in [2.75, 3.05) is 12.4 Å². The summed E-state index contributed by atoms with van der Waals surface area (Å²) in [5.74, 6) is -0.614. The summed E-state index contributed by atoms with van der Waals surface area (Å²) >= 11 is 1.25. The molecule has 0 aliphatic heterocycles. The number of amides is 1. The number of aryl methyl sites for hydroxylation is 2. The average Bonchev–Trinajstić information content (AvgIpc) is 3.02. The highest BCUT2D eigenvalue weighted by molar-refractivity contribution is 7.16. The molecular formula is C19H24N4O4S. The summed E-state index contributed by atoms with van der Waals surface area (Å²) in [4.78, 5) is 41.6. The van der Waals surface area contributed by atoms with Crippen molar-refractivity contribution in [3.8, 4) is 0 Å². The van der Waals surface area contributed by atoms with E-state index in [1.807, 2.05) is 13.8 Å². The molecule has 0 aromatic carbocycles. The van der Waals surface area contributed by atoms with Crippen molar-refractivity contribution in [2.45, 2.75) is 52.5 Å². The molecule has 2 aromatic rings. The van der Waals surface area contributed by atoms with E-state index in [2.05, 4.69) is 15.4 Å². The van der Waals surface area contributed by atoms with Crippen molar-refractivity contribution in [2.24, 2.45) is 5.92 Å². The van der Waals surface area contributed by atoms with E-state index in [4.69, 9.17) is 4.74 Å². The number of hydrogen-bond acceptors (Lipinski definition) is 7. The van der Waals surface area contributed by atoms with Crippen LogP contribution in [0.15, 0.2) is 10.9 Å². The standard InChI is InChI=1S/C19H24N4O4S/c1-11(2)8-14-17(18(26)27-3)21-19(28-14)20-15(24)10-23-16(25)9-12-6-4-5-7-13(12)22-23/h9,11H,4-8,10H2,1-3H3,(H,20,21,24). The minimum absolute atomic E-state index is 0.196. The Balaban J connectivity index is 1.75. The van der Waals surface area contributed by atoms with Gasteiger partial charge >= 0.3 is 5.97 Å². The van der Waals surface area contributed by atoms with E-state index in [1.54, 1.807) is 6.07 Å². The van der Waals surface area contributed by atoms with E-state index >= 15 is 0 Å². The molecule has 150 valence electrons. The average molecular weight is 404 g/mol. The second-order valence-electron chi connectivity index (χ2n) is 7.25. The lowest BCUT2D eigenvalue weighted by Crippen LogP contribution is -2.31. The predicted molar refractivity (Wildman–Crippen MR) is 106 cm³/mol. The third kappa shape index (κ3) is 4.64. The number of nitrogens with zero attached hydrogens (tertiary/aromatic N) is 3. The Morgan fingerprint density at radius 3 is 2.79 bits per heavy atom. The van der Waals surface area contributed by atoms with Crippen molar-refractivity contribution in [3.63, 3.8) is 0 Å². The number of nitrogens with one attached hydrogen (secondary N) is 1. The number of methoxy groups -OCH3 is 1. The molecule has 0 saturated carbocycles. The number of rotatable bonds is 6. The molecule has 8 nitrogen and oxygen atoms in total. The monoisotopic (exact) mass is 404 g/mol. The fourth-order valence-electron chi connectivity index (χ4n) is 3.18. The minimum Gasteiger partial charge on any atom is -0.464 e. The Morgan fingerprint density at radius 1 is 1.32 bits per heavy atom. The lowest BCUT2D eigenvalue weighted by Gasteiger charge is -2.15. The zero-order chi connectivity index (χ0) is 20.3. The molecule has 0 bridgehead atoms. The summed E-state index contributed by atoms with van der Waals surface area (Å²) in [7, 11) is 1.30. The Bertz CT molecular complexity index is 948. The topological polar surface area (TPSA) is 103 Å². The molecule has 0 atom stereocenters. The van der Waals surface area contributed by atoms with Gasteiger partial charge in [0.25, 0.3) is 5.56 Å². The summed E-state index contributed by atoms with van der Waals surface area (Å²) in [5, 5.41) is 7.33. The highest BCUT2D eigenvalue weighted by Gasteiger charge is 2.21. The fourth-order valence-corrected chi connectivity index (χ4v) is 4.36. The highest BCUT2D eigenvalue weighted by Crippen LogP contribution is 2.26. The molecular weight excluding hydrogens is 380 g/mol. The molecule has 1 aliphatic rings. The van der Waals surface area contributed by atoms with Gasteiger partial charge in [0.05, 0.1) is 12.8 Å². The summed E-state index contributed by atoms with van der Waals surface area (Å²) in [5.41, 5.74) is 1.81. The second kappa shape index (κ2) is 8.64. The maximum absolute atomic E-state index is 12.4. The van der Waals surface area contributed by atoms with Crippen molar-refractivity contribution in [1.82, 2.24) is 14.8 Å². The molecule has 2 heterocycles. The van der Waals surface area contributed by atoms with E-state index < -0.39 is 11.9 Å². The van der Waals surface area contributed by atoms with Crippen LogP contribution >= 0.6 is 11.3 Å². The van der Waals surface area contributed by atoms with E-state index in [9.17, 15) is 14.4 Å². The van der Waals surface area contributed by atoms with Crippen LogP contribution in [-0.2, 0) is 35.3 Å². The van der Waals surface area contributed by atoms with Gasteiger partial charge in [-0.1, -0.05) is 13.8 Å². The van der Waals surface area contributed by atoms with Gasteiger partial charge in [-0.3, -0.25) is 9.59 Å². The minimum atomic E-state index is -0.528. The highest BCUT2D eigenvalue weighted by atomic mass is 32.1. The van der Waals surface area contributed by atoms with Crippen LogP contribution in [0.2, 0.25) is 0 Å². The Kier molecular flexibility index (Phi) is 6.23. The van der Waals surface area contributed by atoms with Gasteiger partial charge in [-0.15, -0.1) is 11.3 Å². The van der Waals surface area contributed by atoms with Gasteiger partial charge in [-0.05, 0) is 43.6 Å². The van der Waals surface area contributed by atoms with Gasteiger partial charge in [-0.2, -0.15) is 5.10 Å². The number of anilines is 1. The maximum Gasteiger partial charge on any atom is 0.357 e. The number of fused-ring (bicyclic) bond motifs is 1. The van der Waals surface area contributed by atoms with Crippen molar-refractivity contribution < 1.29 is 14.3 Å². The summed E-state index contributed by atoms with van der Waals surface area (Å²) in [6, 6.07) is 1.58. The van der Waals surface area contributed by atoms with Gasteiger partial charge in [0.2, 0.25) is 5.91 Å². The van der Waals surface area contributed by atoms with Gasteiger partial charge in [0.15, 0.2) is 10.8 Å². The van der Waals surface area contributed by atoms with Crippen LogP contribution < -0.4 is 10.9 Å². The number of hydrogen-bond donors (Lipinski definition) is 1. The van der Waals surface area contributed by atoms with Crippen LogP contribution in [0, 0.1) is 5.92 Å². The van der Waals surface area contributed by atoms with E-state index in [-0.39, 0.29) is 17.8 Å². The normalized spacial score (nSPS) is 13.3. The quantitative estimate of drug-likeness (QED) is 0.741. The number of aromatic nitrogens is 3. The van der Waals surface area contributed by atoms with Crippen LogP contribution in [-0.4, -0.2) is 33.8 Å². The summed E-state index contributed by atoms with van der Waals surface area (Å²) < 4.78 is 5.96. The predicted octanol–water partition coefficient (Wildman–Crippen LogP) is 2.20. The first-order chi connectivity index (χ1) is 13.4. The number of thiazole rings is 1. The molecule has 0 saturated heterocycles. The molecule has 9 heteroatoms. The van der Waals surface area contributed by atoms with Crippen LogP contribution in [0.1, 0.15) is 53.3 Å². The summed E-state index contributed by atoms with van der Waals surface area (Å²) in [6.07, 6.45) is 4.44. The number of esters is 1. The zero-order valence-electron chi connectivity index (χ0n) is 16.3. The molecule has 28 heavy (non-hydrogen) atoms. The smallest absolute Gasteiger partial charge is 0.357 e. The Labute approximate surface area is 166 Å². The maximum atomic E-state index is 12.4. The van der Waals surface area contributed by atoms with Crippen LogP contribution in [0.3, 0.4) is 0 Å². The molecule has 0 radical (unpaired) electrons. The molecule has 0 unspecified atom stereocenters. The molecule has 0 fully saturated rings. The van der Waals surface area contributed by atoms with E-state index in [1.165, 1.54) is 23.1 Å². The van der Waals surface area contributed by atoms with Crippen LogP contribution in [0.25, 0.3) is 0 Å². The van der Waals surface area contributed by atoms with Gasteiger partial charge in [0, 0.05) is 10.9 Å². The van der Waals surface area contributed by atoms with Crippen molar-refractivity contribution in [3.05, 3.63) is 38.2 Å². The third-order valence-corrected chi connectivity index (χ3v) is 5.48. The molecule has 2 aromatic heterocycles.